The summed E-state index contributed by atoms with van der Waals surface area (Å²) in [7, 11) is 0. The molecule has 1 aromatic rings. The number of nitrogens with zero attached hydrogens (tertiary/aromatic N) is 2. The fourth-order valence-electron chi connectivity index (χ4n) is 2.00. The van der Waals surface area contributed by atoms with Crippen molar-refractivity contribution in [1.82, 2.24) is 9.88 Å². The largest absolute Gasteiger partial charge is 0.393 e. The molecule has 1 aliphatic rings. The van der Waals surface area contributed by atoms with Crippen LogP contribution in [0.4, 0.5) is 10.5 Å². The van der Waals surface area contributed by atoms with Gasteiger partial charge in [-0.15, -0.1) is 0 Å². The second-order valence-corrected chi connectivity index (χ2v) is 4.41. The van der Waals surface area contributed by atoms with Crippen molar-refractivity contribution in [2.45, 2.75) is 19.4 Å². The third kappa shape index (κ3) is 2.94. The van der Waals surface area contributed by atoms with Crippen molar-refractivity contribution in [2.24, 2.45) is 5.92 Å². The molecule has 1 saturated heterocycles. The molecule has 5 heteroatoms. The monoisotopic (exact) mass is 235 g/mol. The van der Waals surface area contributed by atoms with Gasteiger partial charge in [-0.05, 0) is 25.5 Å². The minimum atomic E-state index is -0.355. The molecule has 0 saturated carbocycles. The Hall–Kier alpha value is -1.62. The molecule has 0 aliphatic carbocycles. The van der Waals surface area contributed by atoms with Crippen LogP contribution in [0.1, 0.15) is 13.3 Å². The Morgan fingerprint density at radius 2 is 2.53 bits per heavy atom. The van der Waals surface area contributed by atoms with Crippen LogP contribution in [0.5, 0.6) is 0 Å². The van der Waals surface area contributed by atoms with Crippen LogP contribution >= 0.6 is 0 Å². The van der Waals surface area contributed by atoms with E-state index in [9.17, 15) is 9.90 Å². The van der Waals surface area contributed by atoms with E-state index in [4.69, 9.17) is 0 Å². The normalized spacial score (nSPS) is 21.3. The summed E-state index contributed by atoms with van der Waals surface area (Å²) in [5.41, 5.74) is 0.693. The number of pyridine rings is 1. The molecule has 2 atom stereocenters. The third-order valence-electron chi connectivity index (χ3n) is 3.11. The summed E-state index contributed by atoms with van der Waals surface area (Å²) in [5, 5.41) is 12.3. The van der Waals surface area contributed by atoms with Crippen molar-refractivity contribution >= 4 is 11.7 Å². The molecule has 0 bridgehead atoms. The summed E-state index contributed by atoms with van der Waals surface area (Å²) in [6.45, 7) is 3.08. The number of nitrogens with one attached hydrogen (secondary N) is 1. The van der Waals surface area contributed by atoms with E-state index in [1.165, 1.54) is 0 Å². The predicted octanol–water partition coefficient (Wildman–Crippen LogP) is 1.32. The van der Waals surface area contributed by atoms with Gasteiger partial charge in [0.2, 0.25) is 0 Å². The summed E-state index contributed by atoms with van der Waals surface area (Å²) >= 11 is 0. The SMILES string of the molecule is CC(O)C1CCN(C(=O)Nc2cccnc2)C1. The first-order chi connectivity index (χ1) is 8.16. The van der Waals surface area contributed by atoms with Crippen molar-refractivity contribution in [3.63, 3.8) is 0 Å². The molecule has 5 nitrogen and oxygen atoms in total. The highest BCUT2D eigenvalue weighted by molar-refractivity contribution is 5.89. The molecule has 2 heterocycles. The maximum absolute atomic E-state index is 11.9. The maximum atomic E-state index is 11.9. The first-order valence-electron chi connectivity index (χ1n) is 5.81. The summed E-state index contributed by atoms with van der Waals surface area (Å²) < 4.78 is 0. The Kier molecular flexibility index (Phi) is 3.58. The van der Waals surface area contributed by atoms with Gasteiger partial charge in [-0.3, -0.25) is 4.98 Å². The molecule has 2 rings (SSSR count). The van der Waals surface area contributed by atoms with E-state index in [2.05, 4.69) is 10.3 Å². The Morgan fingerprint density at radius 1 is 1.71 bits per heavy atom. The topological polar surface area (TPSA) is 65.5 Å². The van der Waals surface area contributed by atoms with Gasteiger partial charge in [-0.25, -0.2) is 4.79 Å². The number of aliphatic hydroxyl groups excluding tert-OH is 1. The van der Waals surface area contributed by atoms with Gasteiger partial charge < -0.3 is 15.3 Å². The van der Waals surface area contributed by atoms with Crippen LogP contribution in [0, 0.1) is 5.92 Å². The van der Waals surface area contributed by atoms with Crippen LogP contribution in [0.3, 0.4) is 0 Å². The number of rotatable bonds is 2. The van der Waals surface area contributed by atoms with Gasteiger partial charge in [0.15, 0.2) is 0 Å². The van der Waals surface area contributed by atoms with Gasteiger partial charge in [-0.1, -0.05) is 0 Å². The Morgan fingerprint density at radius 3 is 3.12 bits per heavy atom. The highest BCUT2D eigenvalue weighted by Crippen LogP contribution is 2.20. The van der Waals surface area contributed by atoms with Crippen LogP contribution in [0.2, 0.25) is 0 Å². The Balaban J connectivity index is 1.90. The molecule has 1 aromatic heterocycles. The van der Waals surface area contributed by atoms with Crippen LogP contribution in [-0.2, 0) is 0 Å². The standard InChI is InChI=1S/C12H17N3O2/c1-9(16)10-4-6-15(8-10)12(17)14-11-3-2-5-13-7-11/h2-3,5,7,9-10,16H,4,6,8H2,1H3,(H,14,17). The maximum Gasteiger partial charge on any atom is 0.321 e. The zero-order valence-electron chi connectivity index (χ0n) is 9.84. The quantitative estimate of drug-likeness (QED) is 0.812. The van der Waals surface area contributed by atoms with Gasteiger partial charge in [0.25, 0.3) is 0 Å². The molecule has 92 valence electrons. The first-order valence-corrected chi connectivity index (χ1v) is 5.81. The zero-order valence-corrected chi connectivity index (χ0v) is 9.84. The molecule has 0 radical (unpaired) electrons. The van der Waals surface area contributed by atoms with E-state index in [1.807, 2.05) is 0 Å². The fourth-order valence-corrected chi connectivity index (χ4v) is 2.00. The number of likely N-dealkylation sites (tertiary alicyclic amines) is 1. The smallest absolute Gasteiger partial charge is 0.321 e. The van der Waals surface area contributed by atoms with Crippen molar-refractivity contribution in [1.29, 1.82) is 0 Å². The lowest BCUT2D eigenvalue weighted by Gasteiger charge is -2.18. The number of carbonyl (C=O) groups excluding carboxylic acids is 1. The molecule has 2 amide bonds. The van der Waals surface area contributed by atoms with E-state index >= 15 is 0 Å². The summed E-state index contributed by atoms with van der Waals surface area (Å²) in [4.78, 5) is 17.5. The Bertz CT molecular complexity index is 381. The summed E-state index contributed by atoms with van der Waals surface area (Å²) in [6, 6.07) is 3.45. The van der Waals surface area contributed by atoms with Crippen LogP contribution in [-0.4, -0.2) is 40.2 Å². The van der Waals surface area contributed by atoms with Crippen molar-refractivity contribution < 1.29 is 9.90 Å². The van der Waals surface area contributed by atoms with Gasteiger partial charge in [0.05, 0.1) is 18.0 Å². The van der Waals surface area contributed by atoms with Crippen molar-refractivity contribution in [3.05, 3.63) is 24.5 Å². The molecule has 2 unspecified atom stereocenters. The van der Waals surface area contributed by atoms with Crippen molar-refractivity contribution in [2.75, 3.05) is 18.4 Å². The van der Waals surface area contributed by atoms with Crippen LogP contribution in [0.15, 0.2) is 24.5 Å². The summed E-state index contributed by atoms with van der Waals surface area (Å²) in [5.74, 6) is 0.189. The van der Waals surface area contributed by atoms with E-state index in [0.29, 0.717) is 18.8 Å². The van der Waals surface area contributed by atoms with Gasteiger partial charge in [0, 0.05) is 25.2 Å². The number of hydrogen-bond donors (Lipinski definition) is 2. The molecule has 1 aliphatic heterocycles. The number of aliphatic hydroxyl groups is 1. The van der Waals surface area contributed by atoms with Gasteiger partial charge >= 0.3 is 6.03 Å². The minimum Gasteiger partial charge on any atom is -0.393 e. The second-order valence-electron chi connectivity index (χ2n) is 4.41. The summed E-state index contributed by atoms with van der Waals surface area (Å²) in [6.07, 6.45) is 3.78. The van der Waals surface area contributed by atoms with E-state index in [0.717, 1.165) is 6.42 Å². The average molecular weight is 235 g/mol. The number of aromatic nitrogens is 1. The number of hydrogen-bond acceptors (Lipinski definition) is 3. The first kappa shape index (κ1) is 11.9. The minimum absolute atomic E-state index is 0.124. The number of anilines is 1. The lowest BCUT2D eigenvalue weighted by atomic mass is 10.0. The lowest BCUT2D eigenvalue weighted by molar-refractivity contribution is 0.130. The molecule has 1 fully saturated rings. The third-order valence-corrected chi connectivity index (χ3v) is 3.11. The fraction of sp³-hybridized carbons (Fsp3) is 0.500. The molecular formula is C12H17N3O2. The highest BCUT2D eigenvalue weighted by atomic mass is 16.3. The molecular weight excluding hydrogens is 218 g/mol. The zero-order chi connectivity index (χ0) is 12.3. The average Bonchev–Trinajstić information content (AvgIpc) is 2.79. The van der Waals surface area contributed by atoms with E-state index in [1.54, 1.807) is 36.4 Å². The molecule has 2 N–H and O–H groups in total. The predicted molar refractivity (Wildman–Crippen MR) is 64.6 cm³/mol. The second kappa shape index (κ2) is 5.14. The van der Waals surface area contributed by atoms with Gasteiger partial charge in [0.1, 0.15) is 0 Å². The number of carbonyl (C=O) groups is 1. The van der Waals surface area contributed by atoms with Crippen molar-refractivity contribution in [3.8, 4) is 0 Å². The van der Waals surface area contributed by atoms with Crippen LogP contribution < -0.4 is 5.32 Å². The molecule has 0 aromatic carbocycles. The Labute approximate surface area is 100 Å². The number of amides is 2. The van der Waals surface area contributed by atoms with E-state index < -0.39 is 0 Å². The van der Waals surface area contributed by atoms with Crippen LogP contribution in [0.25, 0.3) is 0 Å². The number of urea groups is 1. The van der Waals surface area contributed by atoms with Gasteiger partial charge in [-0.2, -0.15) is 0 Å². The molecule has 0 spiro atoms. The molecule has 17 heavy (non-hydrogen) atoms. The highest BCUT2D eigenvalue weighted by Gasteiger charge is 2.28. The lowest BCUT2D eigenvalue weighted by Crippen LogP contribution is -2.34. The van der Waals surface area contributed by atoms with E-state index in [-0.39, 0.29) is 18.1 Å².